The summed E-state index contributed by atoms with van der Waals surface area (Å²) < 4.78 is 16.8. The number of imidazole rings is 1. The normalized spacial score (nSPS) is 14.9. The highest BCUT2D eigenvalue weighted by molar-refractivity contribution is 7.84. The molecule has 0 radical (unpaired) electrons. The zero-order valence-corrected chi connectivity index (χ0v) is 14.2. The highest BCUT2D eigenvalue weighted by atomic mass is 35.5. The summed E-state index contributed by atoms with van der Waals surface area (Å²) in [6.45, 7) is 7.78. The van der Waals surface area contributed by atoms with Crippen molar-refractivity contribution < 1.29 is 4.21 Å². The summed E-state index contributed by atoms with van der Waals surface area (Å²) in [5, 5.41) is 0.703. The van der Waals surface area contributed by atoms with Crippen molar-refractivity contribution in [3.63, 3.8) is 0 Å². The molecule has 0 saturated carbocycles. The summed E-state index contributed by atoms with van der Waals surface area (Å²) in [6, 6.07) is 7.46. The average molecular weight is 326 g/mol. The van der Waals surface area contributed by atoms with E-state index < -0.39 is 11.0 Å². The van der Waals surface area contributed by atoms with Crippen molar-refractivity contribution in [1.29, 1.82) is 0 Å². The maximum atomic E-state index is 12.1. The lowest BCUT2D eigenvalue weighted by atomic mass is 10.3. The molecule has 1 heterocycles. The minimum atomic E-state index is -1.12. The Bertz CT molecular complexity index is 631. The highest BCUT2D eigenvalue weighted by Gasteiger charge is 2.22. The van der Waals surface area contributed by atoms with E-state index in [4.69, 9.17) is 11.6 Å². The Kier molecular flexibility index (Phi) is 4.86. The monoisotopic (exact) mass is 325 g/mol. The lowest BCUT2D eigenvalue weighted by Gasteiger charge is -2.21. The summed E-state index contributed by atoms with van der Waals surface area (Å²) in [6.07, 6.45) is 3.68. The van der Waals surface area contributed by atoms with Gasteiger partial charge in [-0.2, -0.15) is 0 Å². The Hall–Kier alpha value is -1.17. The third-order valence-corrected chi connectivity index (χ3v) is 4.94. The molecule has 114 valence electrons. The van der Waals surface area contributed by atoms with Gasteiger partial charge >= 0.3 is 0 Å². The molecule has 1 aromatic carbocycles. The number of nitrogens with one attached hydrogen (secondary N) is 1. The summed E-state index contributed by atoms with van der Waals surface area (Å²) in [5.74, 6) is 0. The fraction of sp³-hybridized carbons (Fsp3) is 0.400. The van der Waals surface area contributed by atoms with E-state index in [0.717, 1.165) is 11.4 Å². The van der Waals surface area contributed by atoms with E-state index in [2.05, 4.69) is 9.71 Å². The topological polar surface area (TPSA) is 46.9 Å². The molecule has 0 bridgehead atoms. The van der Waals surface area contributed by atoms with Crippen LogP contribution in [0.5, 0.6) is 0 Å². The fourth-order valence-electron chi connectivity index (χ4n) is 1.71. The number of nitrogens with zero attached hydrogens (tertiary/aromatic N) is 2. The average Bonchev–Trinajstić information content (AvgIpc) is 2.88. The highest BCUT2D eigenvalue weighted by Crippen LogP contribution is 2.18. The largest absolute Gasteiger partial charge is 0.306 e. The first-order chi connectivity index (χ1) is 9.77. The van der Waals surface area contributed by atoms with Crippen LogP contribution in [-0.2, 0) is 11.0 Å². The summed E-state index contributed by atoms with van der Waals surface area (Å²) in [7, 11) is -1.12. The van der Waals surface area contributed by atoms with Gasteiger partial charge in [0.15, 0.2) is 0 Å². The molecule has 0 spiro atoms. The van der Waals surface area contributed by atoms with Crippen LogP contribution in [0.4, 0.5) is 0 Å². The maximum Gasteiger partial charge on any atom is 0.0995 e. The standard InChI is InChI=1S/C15H20ClN3OS/c1-11(18-21(20)15(2,3)4)14-9-19(10-17-14)13-7-5-12(16)6-8-13/h5-11,18H,1-4H3/t11-,21?/m0/s1. The van der Waals surface area contributed by atoms with Gasteiger partial charge < -0.3 is 4.57 Å². The third kappa shape index (κ3) is 4.15. The predicted octanol–water partition coefficient (Wildman–Crippen LogP) is 3.64. The van der Waals surface area contributed by atoms with Crippen LogP contribution >= 0.6 is 11.6 Å². The molecule has 0 amide bonds. The van der Waals surface area contributed by atoms with Crippen LogP contribution in [0.15, 0.2) is 36.8 Å². The molecule has 1 N–H and O–H groups in total. The molecule has 2 aromatic rings. The molecule has 0 aliphatic carbocycles. The van der Waals surface area contributed by atoms with Gasteiger partial charge in [0.05, 0.1) is 33.8 Å². The Balaban J connectivity index is 2.12. The summed E-state index contributed by atoms with van der Waals surface area (Å²) in [4.78, 5) is 4.38. The minimum Gasteiger partial charge on any atom is -0.306 e. The maximum absolute atomic E-state index is 12.1. The molecule has 4 nitrogen and oxygen atoms in total. The number of aromatic nitrogens is 2. The van der Waals surface area contributed by atoms with E-state index in [-0.39, 0.29) is 10.8 Å². The van der Waals surface area contributed by atoms with Crippen molar-refractivity contribution in [3.05, 3.63) is 47.5 Å². The first kappa shape index (κ1) is 16.2. The van der Waals surface area contributed by atoms with Crippen LogP contribution in [0.3, 0.4) is 0 Å². The molecule has 21 heavy (non-hydrogen) atoms. The molecule has 2 atom stereocenters. The van der Waals surface area contributed by atoms with Gasteiger partial charge in [0.1, 0.15) is 0 Å². The van der Waals surface area contributed by atoms with Gasteiger partial charge in [0.25, 0.3) is 0 Å². The van der Waals surface area contributed by atoms with Gasteiger partial charge in [0.2, 0.25) is 0 Å². The van der Waals surface area contributed by atoms with Gasteiger partial charge in [-0.05, 0) is 52.0 Å². The van der Waals surface area contributed by atoms with Crippen molar-refractivity contribution in [2.24, 2.45) is 0 Å². The lowest BCUT2D eigenvalue weighted by molar-refractivity contribution is 0.612. The molecule has 6 heteroatoms. The first-order valence-corrected chi connectivity index (χ1v) is 8.28. The number of hydrogen-bond donors (Lipinski definition) is 1. The zero-order valence-electron chi connectivity index (χ0n) is 12.6. The molecular formula is C15H20ClN3OS. The van der Waals surface area contributed by atoms with E-state index in [0.29, 0.717) is 5.02 Å². The van der Waals surface area contributed by atoms with Crippen molar-refractivity contribution in [1.82, 2.24) is 14.3 Å². The molecule has 0 fully saturated rings. The van der Waals surface area contributed by atoms with Gasteiger partial charge in [-0.1, -0.05) is 11.6 Å². The van der Waals surface area contributed by atoms with Crippen molar-refractivity contribution in [2.45, 2.75) is 38.5 Å². The molecule has 2 rings (SSSR count). The molecular weight excluding hydrogens is 306 g/mol. The summed E-state index contributed by atoms with van der Waals surface area (Å²) in [5.41, 5.74) is 1.84. The quantitative estimate of drug-likeness (QED) is 0.933. The third-order valence-electron chi connectivity index (χ3n) is 3.01. The number of hydrogen-bond acceptors (Lipinski definition) is 2. The van der Waals surface area contributed by atoms with Crippen LogP contribution in [0, 0.1) is 0 Å². The van der Waals surface area contributed by atoms with E-state index in [9.17, 15) is 4.21 Å². The summed E-state index contributed by atoms with van der Waals surface area (Å²) >= 11 is 5.89. The van der Waals surface area contributed by atoms with Crippen LogP contribution in [0.25, 0.3) is 5.69 Å². The van der Waals surface area contributed by atoms with Gasteiger partial charge in [0, 0.05) is 16.9 Å². The second-order valence-electron chi connectivity index (χ2n) is 5.90. The molecule has 1 aromatic heterocycles. The Morgan fingerprint density at radius 1 is 1.29 bits per heavy atom. The van der Waals surface area contributed by atoms with Crippen LogP contribution in [-0.4, -0.2) is 18.5 Å². The van der Waals surface area contributed by atoms with Crippen molar-refractivity contribution in [2.75, 3.05) is 0 Å². The number of benzene rings is 1. The van der Waals surface area contributed by atoms with Gasteiger partial charge in [-0.25, -0.2) is 13.9 Å². The lowest BCUT2D eigenvalue weighted by Crippen LogP contribution is -2.34. The van der Waals surface area contributed by atoms with Crippen molar-refractivity contribution >= 4 is 22.6 Å². The molecule has 0 saturated heterocycles. The Labute approximate surface area is 133 Å². The smallest absolute Gasteiger partial charge is 0.0995 e. The van der Waals surface area contributed by atoms with E-state index in [1.807, 2.05) is 62.7 Å². The van der Waals surface area contributed by atoms with E-state index in [1.54, 1.807) is 6.33 Å². The van der Waals surface area contributed by atoms with E-state index >= 15 is 0 Å². The van der Waals surface area contributed by atoms with Crippen LogP contribution in [0.1, 0.15) is 39.4 Å². The molecule has 0 aliphatic rings. The number of rotatable bonds is 4. The van der Waals surface area contributed by atoms with Gasteiger partial charge in [-0.3, -0.25) is 0 Å². The van der Waals surface area contributed by atoms with E-state index in [1.165, 1.54) is 0 Å². The van der Waals surface area contributed by atoms with Crippen LogP contribution in [0.2, 0.25) is 5.02 Å². The number of halogens is 1. The van der Waals surface area contributed by atoms with Crippen molar-refractivity contribution in [3.8, 4) is 5.69 Å². The first-order valence-electron chi connectivity index (χ1n) is 6.75. The molecule has 0 aliphatic heterocycles. The Morgan fingerprint density at radius 2 is 1.90 bits per heavy atom. The second kappa shape index (κ2) is 6.30. The molecule has 1 unspecified atom stereocenters. The SMILES string of the molecule is C[C@H](NS(=O)C(C)(C)C)c1cn(-c2ccc(Cl)cc2)cn1. The fourth-order valence-corrected chi connectivity index (χ4v) is 2.64. The second-order valence-corrected chi connectivity index (χ2v) is 8.34. The Morgan fingerprint density at radius 3 is 2.48 bits per heavy atom. The zero-order chi connectivity index (χ0) is 15.6. The van der Waals surface area contributed by atoms with Crippen LogP contribution < -0.4 is 4.72 Å². The van der Waals surface area contributed by atoms with Gasteiger partial charge in [-0.15, -0.1) is 0 Å². The minimum absolute atomic E-state index is 0.0846. The predicted molar refractivity (Wildman–Crippen MR) is 88.0 cm³/mol.